The molecular formula is C10H13ClO4S2. The summed E-state index contributed by atoms with van der Waals surface area (Å²) in [6.07, 6.45) is 1.07. The van der Waals surface area contributed by atoms with Crippen molar-refractivity contribution in [3.05, 3.63) is 24.2 Å². The first-order valence-electron chi connectivity index (χ1n) is 5.21. The van der Waals surface area contributed by atoms with Crippen molar-refractivity contribution in [3.63, 3.8) is 0 Å². The minimum Gasteiger partial charge on any atom is -0.469 e. The van der Waals surface area contributed by atoms with Crippen LogP contribution in [0.25, 0.3) is 0 Å². The summed E-state index contributed by atoms with van der Waals surface area (Å²) >= 11 is 6.15. The van der Waals surface area contributed by atoms with Gasteiger partial charge in [0.05, 0.1) is 27.9 Å². The molecule has 1 aliphatic heterocycles. The molecule has 1 aromatic heterocycles. The van der Waals surface area contributed by atoms with Gasteiger partial charge in [0.15, 0.2) is 0 Å². The molecule has 0 radical (unpaired) electrons. The molecule has 0 bridgehead atoms. The molecule has 0 amide bonds. The number of hydrogen-bond acceptors (Lipinski definition) is 4. The van der Waals surface area contributed by atoms with Crippen molar-refractivity contribution in [2.75, 3.05) is 11.5 Å². The van der Waals surface area contributed by atoms with E-state index in [9.17, 15) is 13.5 Å². The van der Waals surface area contributed by atoms with Crippen LogP contribution in [0.4, 0.5) is 0 Å². The molecule has 0 aromatic carbocycles. The lowest BCUT2D eigenvalue weighted by Gasteiger charge is -2.33. The highest BCUT2D eigenvalue weighted by molar-refractivity contribution is 8.07. The Morgan fingerprint density at radius 3 is 2.65 bits per heavy atom. The summed E-state index contributed by atoms with van der Waals surface area (Å²) in [5.41, 5.74) is 0. The maximum atomic E-state index is 11.9. The largest absolute Gasteiger partial charge is 0.469 e. The van der Waals surface area contributed by atoms with Gasteiger partial charge in [0.2, 0.25) is 3.54 Å². The van der Waals surface area contributed by atoms with Crippen molar-refractivity contribution in [2.24, 2.45) is 0 Å². The Kier molecular flexibility index (Phi) is 4.07. The van der Waals surface area contributed by atoms with Gasteiger partial charge in [-0.1, -0.05) is 11.6 Å². The first-order chi connectivity index (χ1) is 8.05. The van der Waals surface area contributed by atoms with Gasteiger partial charge >= 0.3 is 0 Å². The summed E-state index contributed by atoms with van der Waals surface area (Å²) < 4.78 is 27.3. The molecule has 7 heteroatoms. The Morgan fingerprint density at radius 2 is 2.12 bits per heavy atom. The summed E-state index contributed by atoms with van der Waals surface area (Å²) in [5, 5.41) is 10.1. The van der Waals surface area contributed by atoms with E-state index in [1.54, 1.807) is 12.1 Å². The van der Waals surface area contributed by atoms with E-state index < -0.39 is 31.2 Å². The molecule has 2 unspecified atom stereocenters. The maximum absolute atomic E-state index is 11.9. The van der Waals surface area contributed by atoms with Crippen molar-refractivity contribution in [1.82, 2.24) is 0 Å². The lowest BCUT2D eigenvalue weighted by atomic mass is 10.2. The van der Waals surface area contributed by atoms with E-state index in [0.29, 0.717) is 23.7 Å². The predicted octanol–water partition coefficient (Wildman–Crippen LogP) is 0.977. The average Bonchev–Trinajstić information content (AvgIpc) is 2.78. The lowest BCUT2D eigenvalue weighted by Crippen LogP contribution is -2.50. The van der Waals surface area contributed by atoms with Crippen LogP contribution in [0, 0.1) is 0 Å². The molecule has 1 N–H and O–H groups in total. The van der Waals surface area contributed by atoms with Crippen LogP contribution in [-0.4, -0.2) is 34.7 Å². The van der Waals surface area contributed by atoms with Gasteiger partial charge in [0.25, 0.3) is 0 Å². The van der Waals surface area contributed by atoms with E-state index in [0.717, 1.165) is 0 Å². The standard InChI is InChI=1S/C10H13ClO4S2/c11-10(16(13)5-2-6-17(10)14)9(12)7-8-3-1-4-15-8/h1,3-4,9,12H,2,5-7H2/t9-,10?,16?,17?/m1/s1. The zero-order valence-electron chi connectivity index (χ0n) is 9.00. The zero-order chi connectivity index (χ0) is 12.5. The second kappa shape index (κ2) is 5.22. The Hall–Kier alpha value is -0.170. The number of alkyl halides is 1. The van der Waals surface area contributed by atoms with Crippen LogP contribution >= 0.6 is 11.6 Å². The predicted molar refractivity (Wildman–Crippen MR) is 67.6 cm³/mol. The van der Waals surface area contributed by atoms with Crippen molar-refractivity contribution in [1.29, 1.82) is 0 Å². The highest BCUT2D eigenvalue weighted by Crippen LogP contribution is 2.35. The lowest BCUT2D eigenvalue weighted by molar-refractivity contribution is 0.172. The minimum absolute atomic E-state index is 0.119. The third kappa shape index (κ3) is 2.50. The molecule has 1 aliphatic rings. The number of hydrogen-bond donors (Lipinski definition) is 1. The minimum atomic E-state index is -1.56. The SMILES string of the molecule is O=S1CCCS(=O)C1(Cl)[C@H](O)Cc1ccco1. The molecule has 3 atom stereocenters. The molecule has 2 heterocycles. The quantitative estimate of drug-likeness (QED) is 0.844. The van der Waals surface area contributed by atoms with Gasteiger partial charge in [-0.25, -0.2) is 0 Å². The molecule has 2 rings (SSSR count). The molecule has 1 fully saturated rings. The van der Waals surface area contributed by atoms with Crippen molar-refractivity contribution in [2.45, 2.75) is 22.5 Å². The molecular weight excluding hydrogens is 284 g/mol. The van der Waals surface area contributed by atoms with Crippen molar-refractivity contribution in [3.8, 4) is 0 Å². The second-order valence-electron chi connectivity index (χ2n) is 3.83. The molecule has 0 spiro atoms. The van der Waals surface area contributed by atoms with Crippen LogP contribution in [0.1, 0.15) is 12.2 Å². The molecule has 96 valence electrons. The Morgan fingerprint density at radius 1 is 1.47 bits per heavy atom. The fourth-order valence-corrected chi connectivity index (χ4v) is 5.94. The molecule has 1 saturated heterocycles. The highest BCUT2D eigenvalue weighted by Gasteiger charge is 2.49. The Bertz CT molecular complexity index is 416. The Labute approximate surface area is 109 Å². The van der Waals surface area contributed by atoms with Crippen LogP contribution < -0.4 is 0 Å². The van der Waals surface area contributed by atoms with E-state index in [1.807, 2.05) is 0 Å². The monoisotopic (exact) mass is 296 g/mol. The summed E-state index contributed by atoms with van der Waals surface area (Å²) in [7, 11) is -2.98. The van der Waals surface area contributed by atoms with Crippen molar-refractivity contribution < 1.29 is 17.9 Å². The van der Waals surface area contributed by atoms with E-state index >= 15 is 0 Å². The molecule has 0 aliphatic carbocycles. The van der Waals surface area contributed by atoms with E-state index in [4.69, 9.17) is 16.0 Å². The normalized spacial score (nSPS) is 35.6. The first-order valence-corrected chi connectivity index (χ1v) is 8.23. The zero-order valence-corrected chi connectivity index (χ0v) is 11.4. The van der Waals surface area contributed by atoms with Gasteiger partial charge in [-0.2, -0.15) is 0 Å². The number of aliphatic hydroxyl groups is 1. The van der Waals surface area contributed by atoms with Crippen LogP contribution in [0.2, 0.25) is 0 Å². The fourth-order valence-electron chi connectivity index (χ4n) is 1.75. The summed E-state index contributed by atoms with van der Waals surface area (Å²) in [6.45, 7) is 0. The van der Waals surface area contributed by atoms with Gasteiger partial charge in [-0.3, -0.25) is 8.42 Å². The topological polar surface area (TPSA) is 67.5 Å². The van der Waals surface area contributed by atoms with Gasteiger partial charge in [0.1, 0.15) is 11.9 Å². The van der Waals surface area contributed by atoms with E-state index in [2.05, 4.69) is 0 Å². The average molecular weight is 297 g/mol. The number of rotatable bonds is 3. The molecule has 4 nitrogen and oxygen atoms in total. The summed E-state index contributed by atoms with van der Waals surface area (Å²) in [5.74, 6) is 1.30. The third-order valence-corrected chi connectivity index (χ3v) is 8.16. The smallest absolute Gasteiger partial charge is 0.219 e. The summed E-state index contributed by atoms with van der Waals surface area (Å²) in [6, 6.07) is 3.38. The Balaban J connectivity index is 2.18. The molecule has 17 heavy (non-hydrogen) atoms. The third-order valence-electron chi connectivity index (χ3n) is 2.65. The van der Waals surface area contributed by atoms with Crippen LogP contribution in [0.5, 0.6) is 0 Å². The van der Waals surface area contributed by atoms with Gasteiger partial charge in [-0.05, 0) is 18.6 Å². The maximum Gasteiger partial charge on any atom is 0.219 e. The van der Waals surface area contributed by atoms with Gasteiger partial charge in [-0.15, -0.1) is 0 Å². The number of furan rings is 1. The fraction of sp³-hybridized carbons (Fsp3) is 0.600. The van der Waals surface area contributed by atoms with E-state index in [-0.39, 0.29) is 6.42 Å². The number of halogens is 1. The first kappa shape index (κ1) is 13.3. The summed E-state index contributed by atoms with van der Waals surface area (Å²) in [4.78, 5) is 0. The number of aliphatic hydroxyl groups excluding tert-OH is 1. The van der Waals surface area contributed by atoms with Crippen molar-refractivity contribution >= 4 is 33.2 Å². The van der Waals surface area contributed by atoms with Gasteiger partial charge in [0, 0.05) is 17.9 Å². The highest BCUT2D eigenvalue weighted by atomic mass is 35.5. The molecule has 0 saturated carbocycles. The second-order valence-corrected chi connectivity index (χ2v) is 8.62. The van der Waals surface area contributed by atoms with E-state index in [1.165, 1.54) is 6.26 Å². The van der Waals surface area contributed by atoms with Gasteiger partial charge < -0.3 is 9.52 Å². The van der Waals surface area contributed by atoms with Crippen LogP contribution in [0.15, 0.2) is 22.8 Å². The van der Waals surface area contributed by atoms with Crippen LogP contribution in [-0.2, 0) is 28.0 Å². The molecule has 1 aromatic rings. The van der Waals surface area contributed by atoms with Crippen LogP contribution in [0.3, 0.4) is 0 Å².